The van der Waals surface area contributed by atoms with E-state index in [0.29, 0.717) is 22.2 Å². The summed E-state index contributed by atoms with van der Waals surface area (Å²) in [6.45, 7) is 0.286. The zero-order valence-corrected chi connectivity index (χ0v) is 15.6. The summed E-state index contributed by atoms with van der Waals surface area (Å²) in [7, 11) is 0. The highest BCUT2D eigenvalue weighted by Crippen LogP contribution is 2.27. The number of aromatic nitrogens is 1. The SMILES string of the molecule is O=C(OCc1cc(-c2ccccc2)on1)C1CC(=O)N(c2ccc(Cl)cc2)C1. The van der Waals surface area contributed by atoms with Crippen LogP contribution in [0.3, 0.4) is 0 Å². The predicted octanol–water partition coefficient (Wildman–Crippen LogP) is 4.09. The third kappa shape index (κ3) is 3.92. The van der Waals surface area contributed by atoms with Gasteiger partial charge in [0.15, 0.2) is 5.76 Å². The first-order valence-electron chi connectivity index (χ1n) is 8.84. The zero-order chi connectivity index (χ0) is 19.5. The van der Waals surface area contributed by atoms with Crippen molar-refractivity contribution in [3.05, 3.63) is 71.4 Å². The first kappa shape index (κ1) is 18.3. The quantitative estimate of drug-likeness (QED) is 0.607. The number of carbonyl (C=O) groups excluding carboxylic acids is 2. The Hall–Kier alpha value is -3.12. The van der Waals surface area contributed by atoms with Gasteiger partial charge in [0, 0.05) is 35.3 Å². The van der Waals surface area contributed by atoms with E-state index < -0.39 is 11.9 Å². The molecule has 1 amide bonds. The molecule has 4 rings (SSSR count). The number of hydrogen-bond donors (Lipinski definition) is 0. The molecule has 142 valence electrons. The van der Waals surface area contributed by atoms with Crippen molar-refractivity contribution < 1.29 is 18.8 Å². The van der Waals surface area contributed by atoms with Crippen LogP contribution in [0.2, 0.25) is 5.02 Å². The molecular weight excluding hydrogens is 380 g/mol. The molecule has 1 saturated heterocycles. The van der Waals surface area contributed by atoms with Crippen LogP contribution in [0.4, 0.5) is 5.69 Å². The average molecular weight is 397 g/mol. The Balaban J connectivity index is 1.35. The van der Waals surface area contributed by atoms with E-state index in [-0.39, 0.29) is 25.5 Å². The van der Waals surface area contributed by atoms with Gasteiger partial charge in [0.25, 0.3) is 0 Å². The van der Waals surface area contributed by atoms with Gasteiger partial charge in [-0.05, 0) is 24.3 Å². The molecule has 1 atom stereocenters. The van der Waals surface area contributed by atoms with Crippen molar-refractivity contribution in [2.75, 3.05) is 11.4 Å². The van der Waals surface area contributed by atoms with Crippen LogP contribution >= 0.6 is 11.6 Å². The Morgan fingerprint density at radius 1 is 1.18 bits per heavy atom. The fourth-order valence-corrected chi connectivity index (χ4v) is 3.24. The van der Waals surface area contributed by atoms with E-state index in [1.807, 2.05) is 30.3 Å². The molecule has 2 heterocycles. The molecule has 1 aromatic heterocycles. The summed E-state index contributed by atoms with van der Waals surface area (Å²) in [5, 5.41) is 4.53. The zero-order valence-electron chi connectivity index (χ0n) is 14.9. The number of halogens is 1. The highest BCUT2D eigenvalue weighted by atomic mass is 35.5. The van der Waals surface area contributed by atoms with Crippen molar-refractivity contribution in [1.82, 2.24) is 5.16 Å². The Morgan fingerprint density at radius 2 is 1.93 bits per heavy atom. The molecular formula is C21H17ClN2O4. The van der Waals surface area contributed by atoms with Crippen molar-refractivity contribution >= 4 is 29.2 Å². The van der Waals surface area contributed by atoms with Crippen LogP contribution in [0.15, 0.2) is 65.2 Å². The fourth-order valence-electron chi connectivity index (χ4n) is 3.12. The number of rotatable bonds is 5. The lowest BCUT2D eigenvalue weighted by molar-refractivity contribution is -0.149. The number of ether oxygens (including phenoxy) is 1. The van der Waals surface area contributed by atoms with Crippen molar-refractivity contribution in [2.45, 2.75) is 13.0 Å². The molecule has 1 aliphatic rings. The van der Waals surface area contributed by atoms with Gasteiger partial charge in [-0.25, -0.2) is 0 Å². The summed E-state index contributed by atoms with van der Waals surface area (Å²) < 4.78 is 10.6. The molecule has 0 radical (unpaired) electrons. The van der Waals surface area contributed by atoms with Gasteiger partial charge in [0.1, 0.15) is 12.3 Å². The summed E-state index contributed by atoms with van der Waals surface area (Å²) in [6.07, 6.45) is 0.121. The highest BCUT2D eigenvalue weighted by molar-refractivity contribution is 6.30. The first-order valence-corrected chi connectivity index (χ1v) is 9.21. The van der Waals surface area contributed by atoms with Gasteiger partial charge >= 0.3 is 5.97 Å². The fraction of sp³-hybridized carbons (Fsp3) is 0.190. The number of esters is 1. The Kier molecular flexibility index (Phi) is 5.12. The van der Waals surface area contributed by atoms with Gasteiger partial charge in [-0.2, -0.15) is 0 Å². The molecule has 0 bridgehead atoms. The van der Waals surface area contributed by atoms with E-state index in [1.54, 1.807) is 35.2 Å². The van der Waals surface area contributed by atoms with Crippen LogP contribution in [-0.4, -0.2) is 23.6 Å². The summed E-state index contributed by atoms with van der Waals surface area (Å²) in [5.41, 5.74) is 2.13. The Bertz CT molecular complexity index is 985. The van der Waals surface area contributed by atoms with Crippen molar-refractivity contribution in [3.63, 3.8) is 0 Å². The second-order valence-corrected chi connectivity index (χ2v) is 6.97. The molecule has 0 saturated carbocycles. The molecule has 1 fully saturated rings. The van der Waals surface area contributed by atoms with Crippen LogP contribution in [-0.2, 0) is 20.9 Å². The summed E-state index contributed by atoms with van der Waals surface area (Å²) in [4.78, 5) is 26.2. The topological polar surface area (TPSA) is 72.6 Å². The number of carbonyl (C=O) groups is 2. The number of anilines is 1. The molecule has 0 aliphatic carbocycles. The predicted molar refractivity (Wildman–Crippen MR) is 104 cm³/mol. The number of amides is 1. The highest BCUT2D eigenvalue weighted by Gasteiger charge is 2.36. The van der Waals surface area contributed by atoms with E-state index in [4.69, 9.17) is 20.9 Å². The molecule has 28 heavy (non-hydrogen) atoms. The molecule has 1 unspecified atom stereocenters. The van der Waals surface area contributed by atoms with Gasteiger partial charge < -0.3 is 14.2 Å². The van der Waals surface area contributed by atoms with Crippen LogP contribution in [0.25, 0.3) is 11.3 Å². The summed E-state index contributed by atoms with van der Waals surface area (Å²) in [6, 6.07) is 18.2. The van der Waals surface area contributed by atoms with Crippen LogP contribution in [0.1, 0.15) is 12.1 Å². The van der Waals surface area contributed by atoms with Gasteiger partial charge in [-0.15, -0.1) is 0 Å². The monoisotopic (exact) mass is 396 g/mol. The molecule has 7 heteroatoms. The van der Waals surface area contributed by atoms with Crippen molar-refractivity contribution in [3.8, 4) is 11.3 Å². The van der Waals surface area contributed by atoms with Crippen LogP contribution in [0.5, 0.6) is 0 Å². The minimum absolute atomic E-state index is 0.000796. The minimum atomic E-state index is -0.510. The molecule has 0 N–H and O–H groups in total. The molecule has 2 aromatic carbocycles. The van der Waals surface area contributed by atoms with Crippen LogP contribution < -0.4 is 4.90 Å². The average Bonchev–Trinajstić information content (AvgIpc) is 3.34. The van der Waals surface area contributed by atoms with Crippen molar-refractivity contribution in [1.29, 1.82) is 0 Å². The summed E-state index contributed by atoms with van der Waals surface area (Å²) >= 11 is 5.88. The maximum Gasteiger partial charge on any atom is 0.311 e. The maximum absolute atomic E-state index is 12.4. The maximum atomic E-state index is 12.4. The van der Waals surface area contributed by atoms with Gasteiger partial charge in [-0.3, -0.25) is 9.59 Å². The molecule has 1 aliphatic heterocycles. The van der Waals surface area contributed by atoms with Gasteiger partial charge in [0.2, 0.25) is 5.91 Å². The molecule has 3 aromatic rings. The smallest absolute Gasteiger partial charge is 0.311 e. The minimum Gasteiger partial charge on any atom is -0.459 e. The normalized spacial score (nSPS) is 16.4. The van der Waals surface area contributed by atoms with E-state index in [0.717, 1.165) is 5.56 Å². The Labute approximate surface area is 166 Å². The third-order valence-corrected chi connectivity index (χ3v) is 4.83. The number of benzene rings is 2. The largest absolute Gasteiger partial charge is 0.459 e. The second kappa shape index (κ2) is 7.86. The third-order valence-electron chi connectivity index (χ3n) is 4.58. The summed E-state index contributed by atoms with van der Waals surface area (Å²) in [5.74, 6) is -0.438. The molecule has 0 spiro atoms. The molecule has 6 nitrogen and oxygen atoms in total. The van der Waals surface area contributed by atoms with E-state index in [2.05, 4.69) is 5.16 Å². The van der Waals surface area contributed by atoms with Gasteiger partial charge in [0.05, 0.1) is 5.92 Å². The first-order chi connectivity index (χ1) is 13.6. The Morgan fingerprint density at radius 3 is 2.68 bits per heavy atom. The van der Waals surface area contributed by atoms with Crippen molar-refractivity contribution in [2.24, 2.45) is 5.92 Å². The van der Waals surface area contributed by atoms with E-state index >= 15 is 0 Å². The standard InChI is InChI=1S/C21H17ClN2O4/c22-16-6-8-18(9-7-16)24-12-15(10-20(24)25)21(26)27-13-17-11-19(28-23-17)14-4-2-1-3-5-14/h1-9,11,15H,10,12-13H2. The second-order valence-electron chi connectivity index (χ2n) is 6.54. The lowest BCUT2D eigenvalue weighted by atomic mass is 10.1. The number of nitrogens with zero attached hydrogens (tertiary/aromatic N) is 2. The lowest BCUT2D eigenvalue weighted by Gasteiger charge is -2.16. The van der Waals surface area contributed by atoms with Crippen LogP contribution in [0, 0.1) is 5.92 Å². The number of hydrogen-bond acceptors (Lipinski definition) is 5. The lowest BCUT2D eigenvalue weighted by Crippen LogP contribution is -2.26. The van der Waals surface area contributed by atoms with Gasteiger partial charge in [-0.1, -0.05) is 47.1 Å². The van der Waals surface area contributed by atoms with E-state index in [9.17, 15) is 9.59 Å². The van der Waals surface area contributed by atoms with E-state index in [1.165, 1.54) is 0 Å².